The number of halogens is 1. The Morgan fingerprint density at radius 1 is 1.19 bits per heavy atom. The Kier molecular flexibility index (Phi) is 6.07. The molecule has 108 valence electrons. The van der Waals surface area contributed by atoms with Crippen LogP contribution in [0.5, 0.6) is 0 Å². The number of anilines is 1. The number of carbonyl (C=O) groups excluding carboxylic acids is 1. The molecule has 0 fully saturated rings. The highest BCUT2D eigenvalue weighted by Gasteiger charge is 2.12. The number of nitrogens with zero attached hydrogens (tertiary/aromatic N) is 2. The highest BCUT2D eigenvalue weighted by atomic mass is 79.9. The van der Waals surface area contributed by atoms with E-state index in [1.54, 1.807) is 12.1 Å². The molecule has 0 spiro atoms. The van der Waals surface area contributed by atoms with Crippen molar-refractivity contribution < 1.29 is 26.3 Å². The summed E-state index contributed by atoms with van der Waals surface area (Å²) in [6.07, 6.45) is 3.70. The van der Waals surface area contributed by atoms with Crippen molar-refractivity contribution in [1.82, 2.24) is 0 Å². The number of carbonyl (C=O) groups is 1. The minimum absolute atomic E-state index is 0. The largest absolute Gasteiger partial charge is 1.00 e. The van der Waals surface area contributed by atoms with E-state index in [4.69, 9.17) is 6.57 Å². The number of rotatable bonds is 3. The van der Waals surface area contributed by atoms with Crippen molar-refractivity contribution in [3.8, 4) is 0 Å². The third-order valence-electron chi connectivity index (χ3n) is 3.01. The molecule has 2 rings (SSSR count). The van der Waals surface area contributed by atoms with Gasteiger partial charge in [-0.3, -0.25) is 4.79 Å². The summed E-state index contributed by atoms with van der Waals surface area (Å²) in [6.45, 7) is 11.1. The highest BCUT2D eigenvalue weighted by molar-refractivity contribution is 5.91. The zero-order valence-electron chi connectivity index (χ0n) is 11.9. The van der Waals surface area contributed by atoms with Crippen LogP contribution in [0.3, 0.4) is 0 Å². The third kappa shape index (κ3) is 4.40. The normalized spacial score (nSPS) is 9.38. The summed E-state index contributed by atoms with van der Waals surface area (Å²) in [6, 6.07) is 9.24. The predicted molar refractivity (Wildman–Crippen MR) is 77.4 cm³/mol. The van der Waals surface area contributed by atoms with E-state index in [2.05, 4.69) is 10.2 Å². The summed E-state index contributed by atoms with van der Waals surface area (Å²) in [4.78, 5) is 15.5. The van der Waals surface area contributed by atoms with Crippen molar-refractivity contribution in [2.24, 2.45) is 0 Å². The van der Waals surface area contributed by atoms with Gasteiger partial charge in [0.05, 0.1) is 6.57 Å². The fraction of sp³-hybridized carbons (Fsp3) is 0.188. The second kappa shape index (κ2) is 7.55. The fourth-order valence-electron chi connectivity index (χ4n) is 2.09. The predicted octanol–water partition coefficient (Wildman–Crippen LogP) is -0.216. The minimum atomic E-state index is -0.0806. The molecule has 5 heteroatoms. The number of nitrogens with one attached hydrogen (secondary N) is 1. The Morgan fingerprint density at radius 2 is 1.76 bits per heavy atom. The third-order valence-corrected chi connectivity index (χ3v) is 3.01. The molecule has 0 atom stereocenters. The van der Waals surface area contributed by atoms with E-state index in [1.807, 2.05) is 49.0 Å². The first-order valence-corrected chi connectivity index (χ1v) is 6.33. The smallest absolute Gasteiger partial charge is 0.290 e. The second-order valence-corrected chi connectivity index (χ2v) is 4.66. The van der Waals surface area contributed by atoms with E-state index in [-0.39, 0.29) is 29.4 Å². The van der Waals surface area contributed by atoms with E-state index in [9.17, 15) is 4.79 Å². The average Bonchev–Trinajstić information content (AvgIpc) is 2.43. The average molecular weight is 346 g/mol. The van der Waals surface area contributed by atoms with Crippen LogP contribution in [-0.2, 0) is 11.3 Å². The van der Waals surface area contributed by atoms with Crippen LogP contribution in [0.25, 0.3) is 4.85 Å². The van der Waals surface area contributed by atoms with Crippen molar-refractivity contribution in [3.05, 3.63) is 65.3 Å². The molecule has 0 saturated carbocycles. The van der Waals surface area contributed by atoms with Gasteiger partial charge in [0, 0.05) is 17.8 Å². The van der Waals surface area contributed by atoms with Gasteiger partial charge in [-0.1, -0.05) is 18.2 Å². The Labute approximate surface area is 135 Å². The van der Waals surface area contributed by atoms with Gasteiger partial charge in [-0.05, 0) is 25.0 Å². The van der Waals surface area contributed by atoms with Gasteiger partial charge in [-0.15, -0.1) is 0 Å². The van der Waals surface area contributed by atoms with Crippen LogP contribution in [0.2, 0.25) is 0 Å². The number of hydrogen-bond donors (Lipinski definition) is 1. The fourth-order valence-corrected chi connectivity index (χ4v) is 2.09. The van der Waals surface area contributed by atoms with Crippen molar-refractivity contribution in [1.29, 1.82) is 0 Å². The van der Waals surface area contributed by atoms with E-state index in [1.165, 1.54) is 0 Å². The van der Waals surface area contributed by atoms with E-state index in [0.717, 1.165) is 16.8 Å². The molecule has 0 bridgehead atoms. The van der Waals surface area contributed by atoms with Crippen molar-refractivity contribution in [3.63, 3.8) is 0 Å². The van der Waals surface area contributed by atoms with Gasteiger partial charge in [0.15, 0.2) is 18.1 Å². The van der Waals surface area contributed by atoms with Gasteiger partial charge in [-0.25, -0.2) is 4.85 Å². The Balaban J connectivity index is 0.00000220. The quantitative estimate of drug-likeness (QED) is 0.606. The molecule has 0 saturated heterocycles. The van der Waals surface area contributed by atoms with E-state index in [0.29, 0.717) is 5.69 Å². The molecule has 1 amide bonds. The molecule has 0 radical (unpaired) electrons. The monoisotopic (exact) mass is 345 g/mol. The molecule has 0 aliphatic carbocycles. The van der Waals surface area contributed by atoms with Crippen LogP contribution in [0.1, 0.15) is 11.1 Å². The number of aromatic nitrogens is 1. The lowest BCUT2D eigenvalue weighted by Gasteiger charge is -2.11. The number of hydrogen-bond acceptors (Lipinski definition) is 1. The number of pyridine rings is 1. The van der Waals surface area contributed by atoms with Crippen molar-refractivity contribution >= 4 is 17.3 Å². The van der Waals surface area contributed by atoms with Crippen LogP contribution in [-0.4, -0.2) is 5.91 Å². The first-order chi connectivity index (χ1) is 9.60. The maximum absolute atomic E-state index is 12.0. The molecule has 0 unspecified atom stereocenters. The summed E-state index contributed by atoms with van der Waals surface area (Å²) in [5, 5.41) is 2.92. The summed E-state index contributed by atoms with van der Waals surface area (Å²) in [5.41, 5.74) is 3.19. The molecule has 0 aliphatic rings. The first kappa shape index (κ1) is 16.9. The number of aryl methyl sites for hydroxylation is 2. The highest BCUT2D eigenvalue weighted by Crippen LogP contribution is 2.26. The lowest BCUT2D eigenvalue weighted by molar-refractivity contribution is -0.684. The Bertz CT molecular complexity index is 655. The first-order valence-electron chi connectivity index (χ1n) is 6.33. The molecular weight excluding hydrogens is 330 g/mol. The molecule has 1 aromatic heterocycles. The van der Waals surface area contributed by atoms with E-state index >= 15 is 0 Å². The van der Waals surface area contributed by atoms with Crippen LogP contribution < -0.4 is 26.9 Å². The van der Waals surface area contributed by atoms with Gasteiger partial charge in [0.25, 0.3) is 5.91 Å². The van der Waals surface area contributed by atoms with Gasteiger partial charge >= 0.3 is 0 Å². The zero-order valence-corrected chi connectivity index (χ0v) is 13.5. The van der Waals surface area contributed by atoms with Crippen molar-refractivity contribution in [2.45, 2.75) is 20.4 Å². The molecule has 1 aromatic carbocycles. The number of amides is 1. The molecule has 21 heavy (non-hydrogen) atoms. The molecule has 1 N–H and O–H groups in total. The minimum Gasteiger partial charge on any atom is -1.00 e. The lowest BCUT2D eigenvalue weighted by atomic mass is 10.1. The van der Waals surface area contributed by atoms with Crippen molar-refractivity contribution in [2.75, 3.05) is 5.32 Å². The van der Waals surface area contributed by atoms with Gasteiger partial charge in [0.2, 0.25) is 6.54 Å². The molecule has 2 aromatic rings. The van der Waals surface area contributed by atoms with Crippen LogP contribution in [0.15, 0.2) is 42.7 Å². The topological polar surface area (TPSA) is 37.3 Å². The molecular formula is C16H16BrN3O. The Hall–Kier alpha value is -2.19. The molecule has 0 aliphatic heterocycles. The van der Waals surface area contributed by atoms with Crippen LogP contribution in [0.4, 0.5) is 11.4 Å². The summed E-state index contributed by atoms with van der Waals surface area (Å²) in [7, 11) is 0. The van der Waals surface area contributed by atoms with Gasteiger partial charge < -0.3 is 22.3 Å². The molecule has 1 heterocycles. The maximum Gasteiger partial charge on any atom is 0.290 e. The lowest BCUT2D eigenvalue weighted by Crippen LogP contribution is -3.00. The van der Waals surface area contributed by atoms with E-state index < -0.39 is 0 Å². The maximum atomic E-state index is 12.0. The van der Waals surface area contributed by atoms with Crippen LogP contribution in [0, 0.1) is 20.4 Å². The summed E-state index contributed by atoms with van der Waals surface area (Å²) in [5.74, 6) is -0.0806. The standard InChI is InChI=1S/C16H15N3O.BrH/c1-12-9-14(17-3)10-13(2)16(12)18-15(20)11-19-7-5-4-6-8-19;/h4-10H,11H2,1-2H3;1H. The van der Waals surface area contributed by atoms with Gasteiger partial charge in [0.1, 0.15) is 0 Å². The van der Waals surface area contributed by atoms with Crippen LogP contribution >= 0.6 is 0 Å². The Morgan fingerprint density at radius 3 is 2.29 bits per heavy atom. The molecule has 4 nitrogen and oxygen atoms in total. The SMILES string of the molecule is [Br-].[C-]#[N+]c1cc(C)c(NC(=O)C[n+]2ccccc2)c(C)c1. The summed E-state index contributed by atoms with van der Waals surface area (Å²) < 4.78 is 1.81. The summed E-state index contributed by atoms with van der Waals surface area (Å²) >= 11 is 0. The number of benzene rings is 1. The second-order valence-electron chi connectivity index (χ2n) is 4.66. The van der Waals surface area contributed by atoms with Gasteiger partial charge in [-0.2, -0.15) is 4.57 Å². The zero-order chi connectivity index (χ0) is 14.5.